The van der Waals surface area contributed by atoms with Gasteiger partial charge in [0.1, 0.15) is 0 Å². The van der Waals surface area contributed by atoms with E-state index in [9.17, 15) is 14.7 Å². The van der Waals surface area contributed by atoms with E-state index >= 15 is 0 Å². The van der Waals surface area contributed by atoms with Crippen LogP contribution in [0.2, 0.25) is 0 Å². The van der Waals surface area contributed by atoms with E-state index in [4.69, 9.17) is 9.68 Å². The molecule has 1 aromatic carbocycles. The van der Waals surface area contributed by atoms with Gasteiger partial charge in [-0.2, -0.15) is 0 Å². The van der Waals surface area contributed by atoms with Crippen molar-refractivity contribution in [1.82, 2.24) is 15.4 Å². The topological polar surface area (TPSA) is 91.3 Å². The Hall–Kier alpha value is -2.00. The molecule has 1 atom stereocenters. The molecule has 0 radical (unpaired) electrons. The fourth-order valence-corrected chi connectivity index (χ4v) is 2.04. The summed E-state index contributed by atoms with van der Waals surface area (Å²) < 4.78 is 0. The van der Waals surface area contributed by atoms with Gasteiger partial charge in [-0.1, -0.05) is 0 Å². The summed E-state index contributed by atoms with van der Waals surface area (Å²) in [6, 6.07) is 4.39. The van der Waals surface area contributed by atoms with Gasteiger partial charge in [0, 0.05) is 40.3 Å². The molecular weight excluding hydrogens is 338 g/mol. The molecule has 0 fully saturated rings. The third-order valence-corrected chi connectivity index (χ3v) is 3.17. The number of hydrogen-bond donors (Lipinski definition) is 2. The van der Waals surface area contributed by atoms with Gasteiger partial charge in [-0.25, -0.2) is 9.59 Å². The van der Waals surface area contributed by atoms with Crippen molar-refractivity contribution < 1.29 is 24.4 Å². The van der Waals surface area contributed by atoms with Gasteiger partial charge in [-0.3, -0.25) is 0 Å². The fraction of sp³-hybridized carbons (Fsp3) is 0.556. The highest BCUT2D eigenvalue weighted by atomic mass is 16.7. The third kappa shape index (κ3) is 7.49. The number of aliphatic hydroxyl groups excluding tert-OH is 1. The Balaban J connectivity index is 3.18. The van der Waals surface area contributed by atoms with Gasteiger partial charge >= 0.3 is 11.9 Å². The Morgan fingerprint density at radius 3 is 1.77 bits per heavy atom. The van der Waals surface area contributed by atoms with E-state index in [0.717, 1.165) is 0 Å². The molecule has 0 aliphatic heterocycles. The zero-order valence-electron chi connectivity index (χ0n) is 16.5. The van der Waals surface area contributed by atoms with Gasteiger partial charge < -0.3 is 20.1 Å². The maximum absolute atomic E-state index is 12.2. The zero-order valence-corrected chi connectivity index (χ0v) is 16.5. The normalized spacial score (nSPS) is 13.0. The Morgan fingerprint density at radius 1 is 1.00 bits per heavy atom. The summed E-state index contributed by atoms with van der Waals surface area (Å²) >= 11 is 0. The number of hydroxylamine groups is 4. The first kappa shape index (κ1) is 22.0. The average molecular weight is 367 g/mol. The molecule has 8 heteroatoms. The van der Waals surface area contributed by atoms with Crippen molar-refractivity contribution >= 4 is 11.9 Å². The zero-order chi connectivity index (χ0) is 20.1. The molecule has 8 nitrogen and oxygen atoms in total. The van der Waals surface area contributed by atoms with Crippen LogP contribution in [-0.2, 0) is 9.68 Å². The van der Waals surface area contributed by atoms with E-state index in [1.807, 2.05) is 20.8 Å². The minimum Gasteiger partial charge on any atom is -0.387 e. The van der Waals surface area contributed by atoms with Crippen molar-refractivity contribution in [3.8, 4) is 0 Å². The number of hydrogen-bond acceptors (Lipinski definition) is 8. The summed E-state index contributed by atoms with van der Waals surface area (Å²) in [5.74, 6) is -1.27. The predicted octanol–water partition coefficient (Wildman–Crippen LogP) is 1.37. The average Bonchev–Trinajstić information content (AvgIpc) is 2.50. The Labute approximate surface area is 154 Å². The molecule has 0 saturated heterocycles. The number of nitrogens with zero attached hydrogens (tertiary/aromatic N) is 2. The van der Waals surface area contributed by atoms with Gasteiger partial charge in [-0.05, 0) is 44.5 Å². The quantitative estimate of drug-likeness (QED) is 0.699. The lowest BCUT2D eigenvalue weighted by Crippen LogP contribution is -2.38. The van der Waals surface area contributed by atoms with Gasteiger partial charge in [-0.15, -0.1) is 10.1 Å². The van der Waals surface area contributed by atoms with Gasteiger partial charge in [0.05, 0.1) is 17.2 Å². The second kappa shape index (κ2) is 9.09. The Bertz CT molecular complexity index is 598. The molecule has 26 heavy (non-hydrogen) atoms. The summed E-state index contributed by atoms with van der Waals surface area (Å²) in [4.78, 5) is 34.5. The first-order valence-corrected chi connectivity index (χ1v) is 8.26. The maximum atomic E-state index is 12.2. The first-order chi connectivity index (χ1) is 11.9. The van der Waals surface area contributed by atoms with Crippen LogP contribution in [0.15, 0.2) is 18.2 Å². The highest BCUT2D eigenvalue weighted by Crippen LogP contribution is 2.20. The molecular formula is C18H29N3O5. The van der Waals surface area contributed by atoms with Gasteiger partial charge in [0.15, 0.2) is 0 Å². The van der Waals surface area contributed by atoms with Gasteiger partial charge in [0.2, 0.25) is 0 Å². The molecule has 0 bridgehead atoms. The van der Waals surface area contributed by atoms with E-state index in [-0.39, 0.29) is 23.2 Å². The molecule has 0 spiro atoms. The van der Waals surface area contributed by atoms with Crippen molar-refractivity contribution in [2.75, 3.05) is 34.7 Å². The SMILES string of the molecule is CN(C)OC(=O)c1cc(C(=O)ON(C)C)cc([C@@H](O)CNC(C)(C)C)c1. The highest BCUT2D eigenvalue weighted by molar-refractivity contribution is 5.95. The number of carbonyl (C=O) groups excluding carboxylic acids is 2. The molecule has 0 aliphatic carbocycles. The summed E-state index contributed by atoms with van der Waals surface area (Å²) in [5.41, 5.74) is 0.531. The van der Waals surface area contributed by atoms with Gasteiger partial charge in [0.25, 0.3) is 0 Å². The fourth-order valence-electron chi connectivity index (χ4n) is 2.04. The second-order valence-electron chi connectivity index (χ2n) is 7.37. The minimum absolute atomic E-state index is 0.150. The van der Waals surface area contributed by atoms with E-state index in [0.29, 0.717) is 5.56 Å². The van der Waals surface area contributed by atoms with E-state index in [1.165, 1.54) is 28.3 Å². The molecule has 2 N–H and O–H groups in total. The lowest BCUT2D eigenvalue weighted by atomic mass is 10.0. The maximum Gasteiger partial charge on any atom is 0.357 e. The molecule has 0 amide bonds. The van der Waals surface area contributed by atoms with Crippen molar-refractivity contribution in [3.05, 3.63) is 34.9 Å². The second-order valence-corrected chi connectivity index (χ2v) is 7.37. The summed E-state index contributed by atoms with van der Waals surface area (Å²) in [6.07, 6.45) is -0.910. The predicted molar refractivity (Wildman–Crippen MR) is 97.4 cm³/mol. The Morgan fingerprint density at radius 2 is 1.42 bits per heavy atom. The van der Waals surface area contributed by atoms with Crippen molar-refractivity contribution in [3.63, 3.8) is 0 Å². The first-order valence-electron chi connectivity index (χ1n) is 8.26. The largest absolute Gasteiger partial charge is 0.387 e. The van der Waals surface area contributed by atoms with Crippen molar-refractivity contribution in [2.24, 2.45) is 0 Å². The lowest BCUT2D eigenvalue weighted by molar-refractivity contribution is -0.0716. The number of carbonyl (C=O) groups is 2. The van der Waals surface area contributed by atoms with Crippen molar-refractivity contribution in [1.29, 1.82) is 0 Å². The third-order valence-electron chi connectivity index (χ3n) is 3.17. The number of rotatable bonds is 7. The summed E-state index contributed by atoms with van der Waals surface area (Å²) in [7, 11) is 6.30. The number of β-amino-alcohol motifs (C(OH)–C–C–N with tert-alkyl or cyclic N) is 1. The summed E-state index contributed by atoms with van der Waals surface area (Å²) in [6.45, 7) is 6.19. The van der Waals surface area contributed by atoms with Crippen LogP contribution in [0.5, 0.6) is 0 Å². The molecule has 0 aromatic heterocycles. The van der Waals surface area contributed by atoms with E-state index < -0.39 is 18.0 Å². The van der Waals surface area contributed by atoms with E-state index in [2.05, 4.69) is 5.32 Å². The van der Waals surface area contributed by atoms with Crippen LogP contribution in [0.3, 0.4) is 0 Å². The van der Waals surface area contributed by atoms with Crippen LogP contribution in [0.1, 0.15) is 53.2 Å². The van der Waals surface area contributed by atoms with E-state index in [1.54, 1.807) is 28.2 Å². The molecule has 1 aromatic rings. The molecule has 0 saturated carbocycles. The number of benzene rings is 1. The smallest absolute Gasteiger partial charge is 0.357 e. The highest BCUT2D eigenvalue weighted by Gasteiger charge is 2.20. The molecule has 0 unspecified atom stereocenters. The van der Waals surface area contributed by atoms with Crippen LogP contribution in [0.25, 0.3) is 0 Å². The molecule has 0 aliphatic rings. The minimum atomic E-state index is -0.910. The summed E-state index contributed by atoms with van der Waals surface area (Å²) in [5, 5.41) is 16.2. The lowest BCUT2D eigenvalue weighted by Gasteiger charge is -2.23. The standard InChI is InChI=1S/C18H29N3O5/c1-18(2,3)19-11-15(22)12-8-13(16(23)25-20(4)5)10-14(9-12)17(24)26-21(6)7/h8-10,15,19,22H,11H2,1-7H3/t15-/m0/s1. The van der Waals surface area contributed by atoms with Crippen LogP contribution in [0.4, 0.5) is 0 Å². The molecule has 0 heterocycles. The van der Waals surface area contributed by atoms with Crippen LogP contribution >= 0.6 is 0 Å². The van der Waals surface area contributed by atoms with Crippen LogP contribution < -0.4 is 5.32 Å². The molecule has 146 valence electrons. The number of aliphatic hydroxyl groups is 1. The Kier molecular flexibility index (Phi) is 7.70. The van der Waals surface area contributed by atoms with Crippen LogP contribution in [-0.4, -0.2) is 67.4 Å². The monoisotopic (exact) mass is 367 g/mol. The molecule has 1 rings (SSSR count). The number of nitrogens with one attached hydrogen (secondary N) is 1. The van der Waals surface area contributed by atoms with Crippen molar-refractivity contribution in [2.45, 2.75) is 32.4 Å². The van der Waals surface area contributed by atoms with Crippen LogP contribution in [0, 0.1) is 0 Å².